The highest BCUT2D eigenvalue weighted by atomic mass is 16.6. The van der Waals surface area contributed by atoms with E-state index in [1.165, 1.54) is 0 Å². The molecule has 23 heavy (non-hydrogen) atoms. The molecule has 0 aromatic heterocycles. The summed E-state index contributed by atoms with van der Waals surface area (Å²) in [5, 5.41) is 13.2. The number of hydrogen-bond acceptors (Lipinski definition) is 4. The third-order valence-electron chi connectivity index (χ3n) is 3.95. The molecular weight excluding hydrogens is 294 g/mol. The molecular formula is C18H25NO4. The molecule has 1 amide bonds. The number of alkyl carbamates (subject to hydrolysis) is 1. The smallest absolute Gasteiger partial charge is 0.408 e. The fourth-order valence-electron chi connectivity index (χ4n) is 2.72. The Kier molecular flexibility index (Phi) is 4.53. The highest BCUT2D eigenvalue weighted by Crippen LogP contribution is 2.47. The maximum Gasteiger partial charge on any atom is 0.408 e. The van der Waals surface area contributed by atoms with Crippen molar-refractivity contribution in [3.63, 3.8) is 0 Å². The summed E-state index contributed by atoms with van der Waals surface area (Å²) in [6.45, 7) is 8.69. The second-order valence-corrected chi connectivity index (χ2v) is 7.61. The van der Waals surface area contributed by atoms with Crippen molar-refractivity contribution in [3.8, 4) is 0 Å². The molecule has 0 heterocycles. The van der Waals surface area contributed by atoms with Crippen molar-refractivity contribution in [1.82, 2.24) is 5.32 Å². The molecule has 1 aliphatic carbocycles. The topological polar surface area (TPSA) is 75.6 Å². The van der Waals surface area contributed by atoms with E-state index < -0.39 is 29.3 Å². The first-order chi connectivity index (χ1) is 10.5. The summed E-state index contributed by atoms with van der Waals surface area (Å²) in [6, 6.07) is 9.38. The Hall–Kier alpha value is -1.88. The summed E-state index contributed by atoms with van der Waals surface area (Å²) in [7, 11) is 0. The van der Waals surface area contributed by atoms with Gasteiger partial charge in [-0.2, -0.15) is 0 Å². The molecule has 0 bridgehead atoms. The second kappa shape index (κ2) is 5.96. The van der Waals surface area contributed by atoms with E-state index in [1.54, 1.807) is 34.6 Å². The van der Waals surface area contributed by atoms with Gasteiger partial charge >= 0.3 is 6.09 Å². The van der Waals surface area contributed by atoms with Crippen molar-refractivity contribution < 1.29 is 19.4 Å². The number of ketones is 1. The van der Waals surface area contributed by atoms with Crippen LogP contribution in [0.2, 0.25) is 0 Å². The predicted octanol–water partition coefficient (Wildman–Crippen LogP) is 2.63. The highest BCUT2D eigenvalue weighted by molar-refractivity contribution is 6.05. The number of carbonyl (C=O) groups is 2. The highest BCUT2D eigenvalue weighted by Gasteiger charge is 2.57. The van der Waals surface area contributed by atoms with Crippen molar-refractivity contribution in [3.05, 3.63) is 35.9 Å². The van der Waals surface area contributed by atoms with Crippen LogP contribution in [0.15, 0.2) is 30.3 Å². The van der Waals surface area contributed by atoms with E-state index >= 15 is 0 Å². The average molecular weight is 319 g/mol. The van der Waals surface area contributed by atoms with Crippen molar-refractivity contribution >= 4 is 11.9 Å². The van der Waals surface area contributed by atoms with Crippen LogP contribution in [0.1, 0.15) is 46.1 Å². The van der Waals surface area contributed by atoms with Gasteiger partial charge in [0.25, 0.3) is 0 Å². The van der Waals surface area contributed by atoms with Gasteiger partial charge in [-0.25, -0.2) is 4.79 Å². The van der Waals surface area contributed by atoms with Crippen LogP contribution in [0.4, 0.5) is 4.79 Å². The quantitative estimate of drug-likeness (QED) is 0.894. The lowest BCUT2D eigenvalue weighted by Gasteiger charge is -2.32. The Morgan fingerprint density at radius 3 is 2.26 bits per heavy atom. The van der Waals surface area contributed by atoms with Gasteiger partial charge in [-0.3, -0.25) is 4.79 Å². The molecule has 3 atom stereocenters. The number of hydrogen-bond donors (Lipinski definition) is 2. The molecule has 1 aliphatic rings. The SMILES string of the molecule is CC(C)(C)OC(=O)NC(C)(C)C(O)C1C(=O)C1c1ccccc1. The predicted molar refractivity (Wildman–Crippen MR) is 87.1 cm³/mol. The van der Waals surface area contributed by atoms with Crippen LogP contribution in [0.25, 0.3) is 0 Å². The summed E-state index contributed by atoms with van der Waals surface area (Å²) in [6.07, 6.45) is -1.58. The zero-order valence-electron chi connectivity index (χ0n) is 14.3. The first-order valence-corrected chi connectivity index (χ1v) is 7.81. The first-order valence-electron chi connectivity index (χ1n) is 7.81. The van der Waals surface area contributed by atoms with Crippen molar-refractivity contribution in [1.29, 1.82) is 0 Å². The number of ether oxygens (including phenoxy) is 1. The molecule has 1 aromatic carbocycles. The number of amides is 1. The maximum absolute atomic E-state index is 12.1. The second-order valence-electron chi connectivity index (χ2n) is 7.61. The molecule has 1 saturated carbocycles. The van der Waals surface area contributed by atoms with E-state index in [-0.39, 0.29) is 11.7 Å². The minimum atomic E-state index is -0.979. The first kappa shape index (κ1) is 17.5. The fourth-order valence-corrected chi connectivity index (χ4v) is 2.72. The molecule has 2 rings (SSSR count). The minimum absolute atomic E-state index is 0.00256. The molecule has 1 aromatic rings. The van der Waals surface area contributed by atoms with Crippen LogP contribution in [-0.2, 0) is 9.53 Å². The molecule has 126 valence electrons. The van der Waals surface area contributed by atoms with Gasteiger partial charge in [0.05, 0.1) is 23.5 Å². The van der Waals surface area contributed by atoms with Crippen LogP contribution in [0.5, 0.6) is 0 Å². The van der Waals surface area contributed by atoms with Gasteiger partial charge in [0, 0.05) is 0 Å². The monoisotopic (exact) mass is 319 g/mol. The molecule has 0 saturated heterocycles. The Labute approximate surface area is 137 Å². The standard InChI is InChI=1S/C18H25NO4/c1-17(2,3)23-16(22)19-18(4,5)15(21)13-12(14(13)20)11-9-7-6-8-10-11/h6-10,12-13,15,21H,1-5H3,(H,19,22). The normalized spacial score (nSPS) is 22.4. The molecule has 5 heteroatoms. The number of Topliss-reactive ketones (excluding diaryl/α,β-unsaturated/α-hetero) is 1. The molecule has 0 radical (unpaired) electrons. The van der Waals surface area contributed by atoms with Crippen LogP contribution >= 0.6 is 0 Å². The Morgan fingerprint density at radius 1 is 1.17 bits per heavy atom. The molecule has 5 nitrogen and oxygen atoms in total. The van der Waals surface area contributed by atoms with Crippen LogP contribution in [0.3, 0.4) is 0 Å². The summed E-state index contributed by atoms with van der Waals surface area (Å²) in [4.78, 5) is 24.0. The zero-order valence-corrected chi connectivity index (χ0v) is 14.3. The van der Waals surface area contributed by atoms with E-state index in [0.717, 1.165) is 5.56 Å². The minimum Gasteiger partial charge on any atom is -0.444 e. The summed E-state index contributed by atoms with van der Waals surface area (Å²) in [5.74, 6) is -0.795. The van der Waals surface area contributed by atoms with E-state index in [0.29, 0.717) is 0 Å². The van der Waals surface area contributed by atoms with Gasteiger partial charge in [0.1, 0.15) is 11.4 Å². The molecule has 0 aliphatic heterocycles. The van der Waals surface area contributed by atoms with Crippen molar-refractivity contribution in [2.24, 2.45) is 5.92 Å². The van der Waals surface area contributed by atoms with E-state index in [9.17, 15) is 14.7 Å². The van der Waals surface area contributed by atoms with Gasteiger partial charge in [-0.15, -0.1) is 0 Å². The Bertz CT molecular complexity index is 589. The van der Waals surface area contributed by atoms with Gasteiger partial charge in [-0.1, -0.05) is 30.3 Å². The lowest BCUT2D eigenvalue weighted by molar-refractivity contribution is -0.113. The number of nitrogens with one attached hydrogen (secondary N) is 1. The van der Waals surface area contributed by atoms with Gasteiger partial charge in [-0.05, 0) is 40.2 Å². The Morgan fingerprint density at radius 2 is 1.74 bits per heavy atom. The largest absolute Gasteiger partial charge is 0.444 e. The van der Waals surface area contributed by atoms with E-state index in [4.69, 9.17) is 4.74 Å². The van der Waals surface area contributed by atoms with Crippen LogP contribution in [0, 0.1) is 5.92 Å². The molecule has 2 N–H and O–H groups in total. The Balaban J connectivity index is 2.03. The number of aliphatic hydroxyl groups excluding tert-OH is 1. The maximum atomic E-state index is 12.1. The summed E-state index contributed by atoms with van der Waals surface area (Å²) in [5.41, 5.74) is -0.686. The lowest BCUT2D eigenvalue weighted by Crippen LogP contribution is -2.54. The number of rotatable bonds is 4. The summed E-state index contributed by atoms with van der Waals surface area (Å²) < 4.78 is 5.22. The fraction of sp³-hybridized carbons (Fsp3) is 0.556. The zero-order chi connectivity index (χ0) is 17.4. The van der Waals surface area contributed by atoms with E-state index in [2.05, 4.69) is 5.32 Å². The molecule has 0 spiro atoms. The molecule has 1 fully saturated rings. The summed E-state index contributed by atoms with van der Waals surface area (Å²) >= 11 is 0. The number of benzene rings is 1. The van der Waals surface area contributed by atoms with Gasteiger partial charge in [0.15, 0.2) is 0 Å². The number of aliphatic hydroxyl groups is 1. The third kappa shape index (κ3) is 4.10. The van der Waals surface area contributed by atoms with Gasteiger partial charge < -0.3 is 15.2 Å². The van der Waals surface area contributed by atoms with Crippen molar-refractivity contribution in [2.45, 2.75) is 57.8 Å². The number of carbonyl (C=O) groups excluding carboxylic acids is 2. The van der Waals surface area contributed by atoms with Crippen LogP contribution < -0.4 is 5.32 Å². The van der Waals surface area contributed by atoms with Crippen LogP contribution in [-0.4, -0.2) is 34.2 Å². The lowest BCUT2D eigenvalue weighted by atomic mass is 9.91. The van der Waals surface area contributed by atoms with Gasteiger partial charge in [0.2, 0.25) is 0 Å². The van der Waals surface area contributed by atoms with Crippen molar-refractivity contribution in [2.75, 3.05) is 0 Å². The molecule has 3 unspecified atom stereocenters. The third-order valence-corrected chi connectivity index (χ3v) is 3.95. The average Bonchev–Trinajstić information content (AvgIpc) is 3.07. The van der Waals surface area contributed by atoms with E-state index in [1.807, 2.05) is 30.3 Å².